The van der Waals surface area contributed by atoms with E-state index in [1.807, 2.05) is 0 Å². The van der Waals surface area contributed by atoms with Crippen LogP contribution < -0.4 is 4.72 Å². The van der Waals surface area contributed by atoms with E-state index >= 15 is 0 Å². The van der Waals surface area contributed by atoms with Crippen molar-refractivity contribution in [3.63, 3.8) is 0 Å². The van der Waals surface area contributed by atoms with Gasteiger partial charge in [-0.3, -0.25) is 0 Å². The van der Waals surface area contributed by atoms with Crippen molar-refractivity contribution >= 4 is 49.2 Å². The molecule has 0 radical (unpaired) electrons. The van der Waals surface area contributed by atoms with Crippen LogP contribution in [0.15, 0.2) is 17.0 Å². The lowest BCUT2D eigenvalue weighted by atomic mass is 10.1. The normalized spacial score (nSPS) is 12.8. The maximum absolute atomic E-state index is 12.2. The summed E-state index contributed by atoms with van der Waals surface area (Å²) >= 11 is 15.3. The van der Waals surface area contributed by atoms with E-state index in [4.69, 9.17) is 23.2 Å². The Balaban J connectivity index is 3.35. The van der Waals surface area contributed by atoms with Gasteiger partial charge < -0.3 is 0 Å². The third-order valence-corrected chi connectivity index (χ3v) is 5.27. The van der Waals surface area contributed by atoms with Crippen LogP contribution in [0.25, 0.3) is 0 Å². The van der Waals surface area contributed by atoms with Crippen molar-refractivity contribution in [2.75, 3.05) is 0 Å². The van der Waals surface area contributed by atoms with Gasteiger partial charge in [0, 0.05) is 21.5 Å². The minimum absolute atomic E-state index is 0.0398. The third kappa shape index (κ3) is 3.84. The molecule has 0 bridgehead atoms. The molecule has 0 spiro atoms. The van der Waals surface area contributed by atoms with E-state index in [0.29, 0.717) is 15.9 Å². The Bertz CT molecular complexity index is 553. The van der Waals surface area contributed by atoms with E-state index in [0.717, 1.165) is 0 Å². The van der Waals surface area contributed by atoms with Crippen LogP contribution in [0.4, 0.5) is 0 Å². The van der Waals surface area contributed by atoms with E-state index in [2.05, 4.69) is 20.7 Å². The standard InChI is InChI=1S/C11H14BrCl2NO2S/c1-11(2,3)15-18(16,17)9-5-4-8(13)7(6-12)10(9)14/h4-5,15H,6H2,1-3H3. The smallest absolute Gasteiger partial charge is 0.207 e. The zero-order valence-electron chi connectivity index (χ0n) is 10.2. The minimum Gasteiger partial charge on any atom is -0.207 e. The first kappa shape index (κ1) is 16.2. The van der Waals surface area contributed by atoms with Gasteiger partial charge in [-0.15, -0.1) is 0 Å². The molecule has 7 heteroatoms. The summed E-state index contributed by atoms with van der Waals surface area (Å²) in [6.07, 6.45) is 0. The first-order valence-electron chi connectivity index (χ1n) is 5.15. The zero-order chi connectivity index (χ0) is 14.1. The van der Waals surface area contributed by atoms with Crippen molar-refractivity contribution in [3.8, 4) is 0 Å². The summed E-state index contributed by atoms with van der Waals surface area (Å²) in [6.45, 7) is 5.29. The number of nitrogens with one attached hydrogen (secondary N) is 1. The molecule has 0 fully saturated rings. The number of hydrogen-bond acceptors (Lipinski definition) is 2. The molecule has 102 valence electrons. The molecule has 0 amide bonds. The fraction of sp³-hybridized carbons (Fsp3) is 0.455. The van der Waals surface area contributed by atoms with Gasteiger partial charge in [-0.2, -0.15) is 0 Å². The van der Waals surface area contributed by atoms with Gasteiger partial charge in [-0.25, -0.2) is 13.1 Å². The van der Waals surface area contributed by atoms with Gasteiger partial charge in [-0.05, 0) is 32.9 Å². The van der Waals surface area contributed by atoms with Gasteiger partial charge in [0.1, 0.15) is 4.90 Å². The third-order valence-electron chi connectivity index (χ3n) is 2.01. The first-order chi connectivity index (χ1) is 8.08. The molecule has 0 saturated heterocycles. The highest BCUT2D eigenvalue weighted by molar-refractivity contribution is 9.08. The predicted molar refractivity (Wildman–Crippen MR) is 79.2 cm³/mol. The van der Waals surface area contributed by atoms with Crippen LogP contribution in [0.1, 0.15) is 26.3 Å². The van der Waals surface area contributed by atoms with Crippen LogP contribution in [0.5, 0.6) is 0 Å². The van der Waals surface area contributed by atoms with E-state index in [1.54, 1.807) is 20.8 Å². The van der Waals surface area contributed by atoms with Crippen LogP contribution in [0.3, 0.4) is 0 Å². The summed E-state index contributed by atoms with van der Waals surface area (Å²) < 4.78 is 26.9. The van der Waals surface area contributed by atoms with E-state index in [-0.39, 0.29) is 9.92 Å². The molecule has 0 aliphatic carbocycles. The monoisotopic (exact) mass is 373 g/mol. The molecule has 1 aromatic rings. The van der Waals surface area contributed by atoms with Gasteiger partial charge >= 0.3 is 0 Å². The van der Waals surface area contributed by atoms with E-state index < -0.39 is 15.6 Å². The Kier molecular flexibility index (Phi) is 5.12. The topological polar surface area (TPSA) is 46.2 Å². The van der Waals surface area contributed by atoms with Crippen LogP contribution in [-0.4, -0.2) is 14.0 Å². The van der Waals surface area contributed by atoms with Crippen LogP contribution in [-0.2, 0) is 15.4 Å². The average Bonchev–Trinajstić information content (AvgIpc) is 2.13. The molecule has 18 heavy (non-hydrogen) atoms. The van der Waals surface area contributed by atoms with Crippen molar-refractivity contribution in [2.24, 2.45) is 0 Å². The SMILES string of the molecule is CC(C)(C)NS(=O)(=O)c1ccc(Cl)c(CBr)c1Cl. The Morgan fingerprint density at radius 2 is 1.83 bits per heavy atom. The highest BCUT2D eigenvalue weighted by Gasteiger charge is 2.25. The summed E-state index contributed by atoms with van der Waals surface area (Å²) in [7, 11) is -3.66. The molecule has 0 heterocycles. The maximum Gasteiger partial charge on any atom is 0.242 e. The molecule has 0 unspecified atom stereocenters. The van der Waals surface area contributed by atoms with Crippen molar-refractivity contribution < 1.29 is 8.42 Å². The van der Waals surface area contributed by atoms with Gasteiger partial charge in [0.2, 0.25) is 10.0 Å². The Morgan fingerprint density at radius 1 is 1.28 bits per heavy atom. The summed E-state index contributed by atoms with van der Waals surface area (Å²) in [5.74, 6) is 0. The Labute approximate surface area is 126 Å². The lowest BCUT2D eigenvalue weighted by Crippen LogP contribution is -2.40. The Hall–Kier alpha value is 0.190. The van der Waals surface area contributed by atoms with Gasteiger partial charge in [0.15, 0.2) is 0 Å². The molecule has 1 rings (SSSR count). The lowest BCUT2D eigenvalue weighted by molar-refractivity contribution is 0.491. The minimum atomic E-state index is -3.66. The molecular formula is C11H14BrCl2NO2S. The molecule has 0 atom stereocenters. The summed E-state index contributed by atoms with van der Waals surface area (Å²) in [4.78, 5) is 0.0398. The number of sulfonamides is 1. The molecule has 0 aliphatic rings. The fourth-order valence-electron chi connectivity index (χ4n) is 1.36. The second-order valence-electron chi connectivity index (χ2n) is 4.83. The summed E-state index contributed by atoms with van der Waals surface area (Å²) in [6, 6.07) is 2.94. The maximum atomic E-state index is 12.2. The summed E-state index contributed by atoms with van der Waals surface area (Å²) in [5, 5.41) is 0.978. The van der Waals surface area contributed by atoms with Crippen LogP contribution in [0, 0.1) is 0 Å². The summed E-state index contributed by atoms with van der Waals surface area (Å²) in [5.41, 5.74) is -0.00813. The largest absolute Gasteiger partial charge is 0.242 e. The molecule has 0 aromatic heterocycles. The Morgan fingerprint density at radius 3 is 2.28 bits per heavy atom. The average molecular weight is 375 g/mol. The van der Waals surface area contributed by atoms with E-state index in [9.17, 15) is 8.42 Å². The molecule has 0 aliphatic heterocycles. The number of rotatable bonds is 3. The highest BCUT2D eigenvalue weighted by atomic mass is 79.9. The number of hydrogen-bond donors (Lipinski definition) is 1. The van der Waals surface area contributed by atoms with E-state index in [1.165, 1.54) is 12.1 Å². The van der Waals surface area contributed by atoms with Crippen LogP contribution >= 0.6 is 39.1 Å². The number of benzene rings is 1. The van der Waals surface area contributed by atoms with Gasteiger partial charge in [0.25, 0.3) is 0 Å². The lowest BCUT2D eigenvalue weighted by Gasteiger charge is -2.21. The molecule has 1 aromatic carbocycles. The van der Waals surface area contributed by atoms with Crippen molar-refractivity contribution in [1.82, 2.24) is 4.72 Å². The second-order valence-corrected chi connectivity index (χ2v) is 7.82. The quantitative estimate of drug-likeness (QED) is 0.813. The van der Waals surface area contributed by atoms with Crippen molar-refractivity contribution in [2.45, 2.75) is 36.5 Å². The molecule has 0 saturated carbocycles. The van der Waals surface area contributed by atoms with Crippen molar-refractivity contribution in [1.29, 1.82) is 0 Å². The number of alkyl halides is 1. The highest BCUT2D eigenvalue weighted by Crippen LogP contribution is 2.32. The predicted octanol–water partition coefficient (Wildman–Crippen LogP) is 3.97. The second kappa shape index (κ2) is 5.67. The molecular weight excluding hydrogens is 361 g/mol. The zero-order valence-corrected chi connectivity index (χ0v) is 14.1. The molecule has 3 nitrogen and oxygen atoms in total. The fourth-order valence-corrected chi connectivity index (χ4v) is 4.60. The van der Waals surface area contributed by atoms with Gasteiger partial charge in [0.05, 0.1) is 5.02 Å². The van der Waals surface area contributed by atoms with Crippen molar-refractivity contribution in [3.05, 3.63) is 27.7 Å². The van der Waals surface area contributed by atoms with Gasteiger partial charge in [-0.1, -0.05) is 39.1 Å². The molecule has 1 N–H and O–H groups in total. The van der Waals surface area contributed by atoms with Crippen LogP contribution in [0.2, 0.25) is 10.0 Å². The number of halogens is 3. The first-order valence-corrected chi connectivity index (χ1v) is 8.51.